The Labute approximate surface area is 102 Å². The number of nitrogens with one attached hydrogen (secondary N) is 1. The highest BCUT2D eigenvalue weighted by Crippen LogP contribution is 2.16. The summed E-state index contributed by atoms with van der Waals surface area (Å²) >= 11 is 0. The monoisotopic (exact) mass is 250 g/mol. The highest BCUT2D eigenvalue weighted by atomic mass is 19.1. The second-order valence-corrected chi connectivity index (χ2v) is 3.69. The summed E-state index contributed by atoms with van der Waals surface area (Å²) in [5, 5.41) is 11.5. The van der Waals surface area contributed by atoms with E-state index in [9.17, 15) is 9.18 Å². The summed E-state index contributed by atoms with van der Waals surface area (Å²) in [6, 6.07) is 4.65. The number of hydrogen-bond donors (Lipinski definition) is 2. The topological polar surface area (TPSA) is 75.4 Å². The Morgan fingerprint density at radius 3 is 2.89 bits per heavy atom. The number of hydrogen-bond acceptors (Lipinski definition) is 4. The SMILES string of the molecule is Cc1ccc(CNc2nccc(C(=O)O)c2F)o1. The van der Waals surface area contributed by atoms with Crippen molar-refractivity contribution in [2.75, 3.05) is 5.32 Å². The number of pyridine rings is 1. The minimum Gasteiger partial charge on any atom is -0.478 e. The van der Waals surface area contributed by atoms with E-state index in [2.05, 4.69) is 10.3 Å². The lowest BCUT2D eigenvalue weighted by molar-refractivity contribution is 0.0692. The van der Waals surface area contributed by atoms with Gasteiger partial charge in [-0.3, -0.25) is 0 Å². The average Bonchev–Trinajstić information content (AvgIpc) is 2.73. The molecule has 0 saturated carbocycles. The minimum atomic E-state index is -1.33. The molecule has 2 rings (SSSR count). The molecule has 2 aromatic heterocycles. The molecule has 2 heterocycles. The molecule has 0 aliphatic heterocycles. The van der Waals surface area contributed by atoms with Crippen LogP contribution in [0.25, 0.3) is 0 Å². The van der Waals surface area contributed by atoms with E-state index < -0.39 is 17.3 Å². The second-order valence-electron chi connectivity index (χ2n) is 3.69. The molecule has 94 valence electrons. The molecule has 6 heteroatoms. The third-order valence-corrected chi connectivity index (χ3v) is 2.35. The number of aryl methyl sites for hydroxylation is 1. The molecule has 0 aliphatic carbocycles. The summed E-state index contributed by atoms with van der Waals surface area (Å²) in [4.78, 5) is 14.5. The molecule has 0 atom stereocenters. The van der Waals surface area contributed by atoms with Crippen molar-refractivity contribution in [2.45, 2.75) is 13.5 Å². The molecule has 0 aliphatic rings. The number of furan rings is 1. The number of aromatic carboxylic acids is 1. The van der Waals surface area contributed by atoms with E-state index in [1.165, 1.54) is 6.20 Å². The number of carboxylic acids is 1. The van der Waals surface area contributed by atoms with Crippen LogP contribution in [0, 0.1) is 12.7 Å². The molecule has 0 fully saturated rings. The zero-order valence-electron chi connectivity index (χ0n) is 9.61. The standard InChI is InChI=1S/C12H11FN2O3/c1-7-2-3-8(18-7)6-15-11-10(13)9(12(16)17)4-5-14-11/h2-5H,6H2,1H3,(H,14,15)(H,16,17). The lowest BCUT2D eigenvalue weighted by Crippen LogP contribution is -2.08. The molecule has 0 aromatic carbocycles. The molecule has 0 spiro atoms. The Kier molecular flexibility index (Phi) is 3.27. The molecule has 0 saturated heterocycles. The molecular weight excluding hydrogens is 239 g/mol. The average molecular weight is 250 g/mol. The van der Waals surface area contributed by atoms with E-state index in [0.29, 0.717) is 5.76 Å². The van der Waals surface area contributed by atoms with Crippen molar-refractivity contribution >= 4 is 11.8 Å². The Bertz CT molecular complexity index is 580. The molecule has 0 amide bonds. The van der Waals surface area contributed by atoms with Crippen LogP contribution >= 0.6 is 0 Å². The van der Waals surface area contributed by atoms with Gasteiger partial charge >= 0.3 is 5.97 Å². The van der Waals surface area contributed by atoms with E-state index in [0.717, 1.165) is 11.8 Å². The fourth-order valence-corrected chi connectivity index (χ4v) is 1.48. The van der Waals surface area contributed by atoms with Gasteiger partial charge < -0.3 is 14.8 Å². The largest absolute Gasteiger partial charge is 0.478 e. The minimum absolute atomic E-state index is 0.107. The zero-order valence-corrected chi connectivity index (χ0v) is 9.61. The van der Waals surface area contributed by atoms with Crippen LogP contribution in [-0.2, 0) is 6.54 Å². The predicted molar refractivity (Wildman–Crippen MR) is 61.9 cm³/mol. The molecular formula is C12H11FN2O3. The second kappa shape index (κ2) is 4.87. The van der Waals surface area contributed by atoms with E-state index in [1.807, 2.05) is 0 Å². The lowest BCUT2D eigenvalue weighted by atomic mass is 10.2. The Morgan fingerprint density at radius 2 is 2.28 bits per heavy atom. The summed E-state index contributed by atoms with van der Waals surface area (Å²) in [5.41, 5.74) is -0.414. The van der Waals surface area contributed by atoms with Crippen LogP contribution < -0.4 is 5.32 Å². The number of aromatic nitrogens is 1. The first-order chi connectivity index (χ1) is 8.58. The van der Waals surface area contributed by atoms with E-state index >= 15 is 0 Å². The maximum Gasteiger partial charge on any atom is 0.338 e. The fraction of sp³-hybridized carbons (Fsp3) is 0.167. The predicted octanol–water partition coefficient (Wildman–Crippen LogP) is 2.43. The number of anilines is 1. The van der Waals surface area contributed by atoms with Gasteiger partial charge in [-0.1, -0.05) is 0 Å². The first-order valence-electron chi connectivity index (χ1n) is 5.25. The first-order valence-corrected chi connectivity index (χ1v) is 5.25. The molecule has 18 heavy (non-hydrogen) atoms. The molecule has 0 unspecified atom stereocenters. The number of halogens is 1. The normalized spacial score (nSPS) is 10.3. The van der Waals surface area contributed by atoms with Crippen molar-refractivity contribution in [3.8, 4) is 0 Å². The van der Waals surface area contributed by atoms with Crippen molar-refractivity contribution < 1.29 is 18.7 Å². The van der Waals surface area contributed by atoms with Gasteiger partial charge in [0.25, 0.3) is 0 Å². The highest BCUT2D eigenvalue weighted by molar-refractivity contribution is 5.88. The van der Waals surface area contributed by atoms with Crippen molar-refractivity contribution in [3.63, 3.8) is 0 Å². The van der Waals surface area contributed by atoms with Gasteiger partial charge in [-0.15, -0.1) is 0 Å². The molecule has 5 nitrogen and oxygen atoms in total. The number of rotatable bonds is 4. The third-order valence-electron chi connectivity index (χ3n) is 2.35. The fourth-order valence-electron chi connectivity index (χ4n) is 1.48. The van der Waals surface area contributed by atoms with Gasteiger partial charge in [-0.05, 0) is 25.1 Å². The van der Waals surface area contributed by atoms with Gasteiger partial charge in [0.15, 0.2) is 11.6 Å². The smallest absolute Gasteiger partial charge is 0.338 e. The lowest BCUT2D eigenvalue weighted by Gasteiger charge is -2.06. The van der Waals surface area contributed by atoms with Crippen LogP contribution in [0.15, 0.2) is 28.8 Å². The molecule has 0 bridgehead atoms. The van der Waals surface area contributed by atoms with E-state index in [-0.39, 0.29) is 12.4 Å². The van der Waals surface area contributed by atoms with Gasteiger partial charge in [0, 0.05) is 6.20 Å². The van der Waals surface area contributed by atoms with Gasteiger partial charge in [0.05, 0.1) is 6.54 Å². The van der Waals surface area contributed by atoms with Gasteiger partial charge in [-0.2, -0.15) is 0 Å². The zero-order chi connectivity index (χ0) is 13.1. The van der Waals surface area contributed by atoms with Crippen molar-refractivity contribution in [1.82, 2.24) is 4.98 Å². The van der Waals surface area contributed by atoms with Crippen molar-refractivity contribution in [2.24, 2.45) is 0 Å². The highest BCUT2D eigenvalue weighted by Gasteiger charge is 2.14. The summed E-state index contributed by atoms with van der Waals surface area (Å²) < 4.78 is 19.0. The van der Waals surface area contributed by atoms with Gasteiger partial charge in [0.1, 0.15) is 17.1 Å². The summed E-state index contributed by atoms with van der Waals surface area (Å²) in [7, 11) is 0. The van der Waals surface area contributed by atoms with Crippen LogP contribution in [0.4, 0.5) is 10.2 Å². The quantitative estimate of drug-likeness (QED) is 0.871. The van der Waals surface area contributed by atoms with E-state index in [1.54, 1.807) is 19.1 Å². The number of nitrogens with zero attached hydrogens (tertiary/aromatic N) is 1. The summed E-state index contributed by atoms with van der Waals surface area (Å²) in [6.45, 7) is 2.04. The Balaban J connectivity index is 2.14. The number of carbonyl (C=O) groups is 1. The van der Waals surface area contributed by atoms with Crippen LogP contribution in [0.3, 0.4) is 0 Å². The van der Waals surface area contributed by atoms with Crippen LogP contribution in [-0.4, -0.2) is 16.1 Å². The summed E-state index contributed by atoms with van der Waals surface area (Å²) in [5.74, 6) is -0.946. The Morgan fingerprint density at radius 1 is 1.50 bits per heavy atom. The Hall–Kier alpha value is -2.37. The molecule has 2 aromatic rings. The molecule has 2 N–H and O–H groups in total. The van der Waals surface area contributed by atoms with Gasteiger partial charge in [0.2, 0.25) is 0 Å². The number of carboxylic acid groups (broad SMARTS) is 1. The molecule has 0 radical (unpaired) electrons. The van der Waals surface area contributed by atoms with Crippen molar-refractivity contribution in [1.29, 1.82) is 0 Å². The van der Waals surface area contributed by atoms with Crippen LogP contribution in [0.2, 0.25) is 0 Å². The van der Waals surface area contributed by atoms with Crippen LogP contribution in [0.1, 0.15) is 21.9 Å². The first kappa shape index (κ1) is 12.1. The third kappa shape index (κ3) is 2.48. The van der Waals surface area contributed by atoms with Crippen molar-refractivity contribution in [3.05, 3.63) is 47.3 Å². The van der Waals surface area contributed by atoms with E-state index in [4.69, 9.17) is 9.52 Å². The maximum absolute atomic E-state index is 13.7. The summed E-state index contributed by atoms with van der Waals surface area (Å²) in [6.07, 6.45) is 1.24. The maximum atomic E-state index is 13.7. The van der Waals surface area contributed by atoms with Gasteiger partial charge in [-0.25, -0.2) is 14.2 Å². The van der Waals surface area contributed by atoms with Crippen LogP contribution in [0.5, 0.6) is 0 Å².